The van der Waals surface area contributed by atoms with Gasteiger partial charge in [-0.05, 0) is 62.3 Å². The van der Waals surface area contributed by atoms with E-state index in [-0.39, 0.29) is 18.3 Å². The molecule has 0 atom stereocenters. The largest absolute Gasteiger partial charge is 0.350 e. The van der Waals surface area contributed by atoms with Gasteiger partial charge in [0.2, 0.25) is 0 Å². The van der Waals surface area contributed by atoms with Gasteiger partial charge in [-0.3, -0.25) is 4.79 Å². The van der Waals surface area contributed by atoms with Crippen LogP contribution in [0.4, 0.5) is 5.82 Å². The van der Waals surface area contributed by atoms with Gasteiger partial charge in [0, 0.05) is 37.3 Å². The summed E-state index contributed by atoms with van der Waals surface area (Å²) in [4.78, 5) is 22.7. The number of likely N-dealkylation sites (tertiary alicyclic amines) is 1. The number of hydrogen-bond donors (Lipinski definition) is 0. The molecular weight excluding hydrogens is 432 g/mol. The zero-order chi connectivity index (χ0) is 22.2. The minimum atomic E-state index is 0. The lowest BCUT2D eigenvalue weighted by atomic mass is 9.99. The predicted octanol–water partition coefficient (Wildman–Crippen LogP) is 4.90. The molecule has 6 heteroatoms. The zero-order valence-corrected chi connectivity index (χ0v) is 20.2. The standard InChI is InChI=1S/C27H30N4O.ClH/c1-4-13-31-20(3)19(2)23-17-24(27(32)29-14-8-5-9-15-29)28-26(25(23)31)30-16-12-21-10-6-7-11-22(21)18-30;/h1,6-7,10-11,17H,5,8-9,12-16,18H2,2-3H3;1H. The number of carbonyl (C=O) groups is 1. The second kappa shape index (κ2) is 9.49. The van der Waals surface area contributed by atoms with Gasteiger partial charge in [0.1, 0.15) is 5.69 Å². The van der Waals surface area contributed by atoms with Crippen molar-refractivity contribution in [1.82, 2.24) is 14.5 Å². The summed E-state index contributed by atoms with van der Waals surface area (Å²) in [5.74, 6) is 3.73. The number of anilines is 1. The summed E-state index contributed by atoms with van der Waals surface area (Å²) in [6.45, 7) is 8.03. The number of piperidine rings is 1. The minimum absolute atomic E-state index is 0. The summed E-state index contributed by atoms with van der Waals surface area (Å²) in [6, 6.07) is 10.6. The highest BCUT2D eigenvalue weighted by atomic mass is 35.5. The van der Waals surface area contributed by atoms with E-state index in [1.807, 2.05) is 11.0 Å². The van der Waals surface area contributed by atoms with Gasteiger partial charge in [0.05, 0.1) is 12.1 Å². The van der Waals surface area contributed by atoms with Gasteiger partial charge in [-0.25, -0.2) is 4.98 Å². The maximum atomic E-state index is 13.4. The molecule has 0 spiro atoms. The summed E-state index contributed by atoms with van der Waals surface area (Å²) in [5, 5.41) is 1.09. The van der Waals surface area contributed by atoms with Gasteiger partial charge in [0.25, 0.3) is 5.91 Å². The fourth-order valence-corrected chi connectivity index (χ4v) is 5.20. The molecule has 5 nitrogen and oxygen atoms in total. The van der Waals surface area contributed by atoms with E-state index in [1.54, 1.807) is 0 Å². The number of aryl methyl sites for hydroxylation is 1. The van der Waals surface area contributed by atoms with Crippen LogP contribution in [0.25, 0.3) is 10.9 Å². The Balaban J connectivity index is 0.00000259. The molecule has 0 aliphatic carbocycles. The van der Waals surface area contributed by atoms with Crippen LogP contribution in [0.1, 0.15) is 52.1 Å². The predicted molar refractivity (Wildman–Crippen MR) is 136 cm³/mol. The van der Waals surface area contributed by atoms with Crippen molar-refractivity contribution < 1.29 is 4.79 Å². The number of aromatic nitrogens is 2. The highest BCUT2D eigenvalue weighted by Gasteiger charge is 2.27. The van der Waals surface area contributed by atoms with Gasteiger partial charge < -0.3 is 14.4 Å². The Bertz CT molecular complexity index is 1230. The number of rotatable bonds is 3. The SMILES string of the molecule is C#CCn1c(C)c(C)c2cc(C(=O)N3CCCCC3)nc(N3CCc4ccccc4C3)c21.Cl. The fourth-order valence-electron chi connectivity index (χ4n) is 5.20. The maximum Gasteiger partial charge on any atom is 0.272 e. The Morgan fingerprint density at radius 3 is 2.55 bits per heavy atom. The number of benzene rings is 1. The van der Waals surface area contributed by atoms with Crippen LogP contribution in [0.15, 0.2) is 30.3 Å². The molecule has 1 aromatic carbocycles. The Labute approximate surface area is 202 Å². The number of fused-ring (bicyclic) bond motifs is 2. The summed E-state index contributed by atoms with van der Waals surface area (Å²) in [5.41, 5.74) is 6.63. The number of amides is 1. The van der Waals surface area contributed by atoms with Crippen LogP contribution in [0.2, 0.25) is 0 Å². The summed E-state index contributed by atoms with van der Waals surface area (Å²) in [7, 11) is 0. The number of hydrogen-bond acceptors (Lipinski definition) is 3. The van der Waals surface area contributed by atoms with Gasteiger partial charge in [-0.15, -0.1) is 18.8 Å². The van der Waals surface area contributed by atoms with E-state index in [4.69, 9.17) is 11.4 Å². The van der Waals surface area contributed by atoms with Crippen molar-refractivity contribution in [2.45, 2.75) is 52.6 Å². The molecule has 0 saturated carbocycles. The van der Waals surface area contributed by atoms with Crippen molar-refractivity contribution in [2.24, 2.45) is 0 Å². The van der Waals surface area contributed by atoms with E-state index in [1.165, 1.54) is 23.1 Å². The number of nitrogens with zero attached hydrogens (tertiary/aromatic N) is 4. The maximum absolute atomic E-state index is 13.4. The van der Waals surface area contributed by atoms with Crippen LogP contribution in [-0.4, -0.2) is 40.0 Å². The van der Waals surface area contributed by atoms with Gasteiger partial charge in [-0.2, -0.15) is 0 Å². The third-order valence-corrected chi connectivity index (χ3v) is 7.14. The number of halogens is 1. The molecule has 1 fully saturated rings. The lowest BCUT2D eigenvalue weighted by Gasteiger charge is -2.31. The molecule has 0 bridgehead atoms. The van der Waals surface area contributed by atoms with Gasteiger partial charge in [-0.1, -0.05) is 30.2 Å². The fraction of sp³-hybridized carbons (Fsp3) is 0.407. The average Bonchev–Trinajstić information content (AvgIpc) is 3.08. The lowest BCUT2D eigenvalue weighted by molar-refractivity contribution is 0.0718. The highest BCUT2D eigenvalue weighted by Crippen LogP contribution is 2.35. The van der Waals surface area contributed by atoms with E-state index in [0.717, 1.165) is 67.9 Å². The van der Waals surface area contributed by atoms with Crippen molar-refractivity contribution in [3.63, 3.8) is 0 Å². The van der Waals surface area contributed by atoms with Gasteiger partial charge >= 0.3 is 0 Å². The summed E-state index contributed by atoms with van der Waals surface area (Å²) >= 11 is 0. The number of terminal acetylenes is 1. The van der Waals surface area contributed by atoms with Gasteiger partial charge in [0.15, 0.2) is 5.82 Å². The number of carbonyl (C=O) groups excluding carboxylic acids is 1. The quantitative estimate of drug-likeness (QED) is 0.520. The smallest absolute Gasteiger partial charge is 0.272 e. The Morgan fingerprint density at radius 1 is 1.09 bits per heavy atom. The van der Waals surface area contributed by atoms with E-state index >= 15 is 0 Å². The second-order valence-electron chi connectivity index (χ2n) is 9.02. The first-order valence-corrected chi connectivity index (χ1v) is 11.6. The molecular formula is C27H31ClN4O. The van der Waals surface area contributed by atoms with Crippen molar-refractivity contribution in [3.05, 3.63) is 58.4 Å². The van der Waals surface area contributed by atoms with Crippen LogP contribution in [0.3, 0.4) is 0 Å². The Hall–Kier alpha value is -2.97. The van der Waals surface area contributed by atoms with E-state index in [2.05, 4.69) is 53.5 Å². The summed E-state index contributed by atoms with van der Waals surface area (Å²) in [6.07, 6.45) is 10.0. The normalized spacial score (nSPS) is 15.7. The molecule has 0 N–H and O–H groups in total. The third-order valence-electron chi connectivity index (χ3n) is 7.14. The summed E-state index contributed by atoms with van der Waals surface area (Å²) < 4.78 is 2.18. The molecule has 2 aromatic heterocycles. The minimum Gasteiger partial charge on any atom is -0.350 e. The lowest BCUT2D eigenvalue weighted by Crippen LogP contribution is -2.37. The Morgan fingerprint density at radius 2 is 1.82 bits per heavy atom. The van der Waals surface area contributed by atoms with Crippen LogP contribution >= 0.6 is 12.4 Å². The van der Waals surface area contributed by atoms with Crippen LogP contribution < -0.4 is 4.90 Å². The first-order chi connectivity index (χ1) is 15.6. The molecule has 2 aliphatic rings. The van der Waals surface area contributed by atoms with Crippen LogP contribution in [0.5, 0.6) is 0 Å². The molecule has 1 amide bonds. The topological polar surface area (TPSA) is 41.4 Å². The Kier molecular flexibility index (Phi) is 6.67. The third kappa shape index (κ3) is 4.09. The molecule has 5 rings (SSSR count). The molecule has 0 radical (unpaired) electrons. The molecule has 3 aromatic rings. The first-order valence-electron chi connectivity index (χ1n) is 11.6. The van der Waals surface area contributed by atoms with Crippen molar-refractivity contribution in [3.8, 4) is 12.3 Å². The average molecular weight is 463 g/mol. The molecule has 172 valence electrons. The second-order valence-corrected chi connectivity index (χ2v) is 9.02. The highest BCUT2D eigenvalue weighted by molar-refractivity contribution is 6.01. The van der Waals surface area contributed by atoms with Crippen molar-refractivity contribution in [1.29, 1.82) is 0 Å². The van der Waals surface area contributed by atoms with E-state index in [0.29, 0.717) is 12.2 Å². The van der Waals surface area contributed by atoms with Crippen LogP contribution in [-0.2, 0) is 19.5 Å². The molecule has 1 saturated heterocycles. The van der Waals surface area contributed by atoms with Crippen molar-refractivity contribution >= 4 is 35.0 Å². The number of pyridine rings is 1. The molecule has 33 heavy (non-hydrogen) atoms. The van der Waals surface area contributed by atoms with Crippen molar-refractivity contribution in [2.75, 3.05) is 24.5 Å². The molecule has 0 unspecified atom stereocenters. The van der Waals surface area contributed by atoms with Crippen LogP contribution in [0, 0.1) is 26.2 Å². The molecule has 2 aliphatic heterocycles. The monoisotopic (exact) mass is 462 g/mol. The first kappa shape index (κ1) is 23.2. The zero-order valence-electron chi connectivity index (χ0n) is 19.4. The van der Waals surface area contributed by atoms with E-state index < -0.39 is 0 Å². The molecule has 4 heterocycles. The van der Waals surface area contributed by atoms with E-state index in [9.17, 15) is 4.79 Å².